The fraction of sp³-hybridized carbons (Fsp3) is 0.118. The Morgan fingerprint density at radius 3 is 2.10 bits per heavy atom. The van der Waals surface area contributed by atoms with Gasteiger partial charge in [0.2, 0.25) is 0 Å². The van der Waals surface area contributed by atoms with Gasteiger partial charge in [-0.1, -0.05) is 0 Å². The first-order valence-electron chi connectivity index (χ1n) is 8.27. The van der Waals surface area contributed by atoms with Crippen molar-refractivity contribution in [1.29, 1.82) is 5.26 Å². The lowest BCUT2D eigenvalue weighted by atomic mass is 10.2. The van der Waals surface area contributed by atoms with E-state index < -0.39 is 25.4 Å². The van der Waals surface area contributed by atoms with Gasteiger partial charge in [-0.05, 0) is 48.5 Å². The lowest BCUT2D eigenvalue weighted by Gasteiger charge is -2.09. The summed E-state index contributed by atoms with van der Waals surface area (Å²) in [4.78, 5) is 3.57. The highest BCUT2D eigenvalue weighted by Crippen LogP contribution is 2.24. The fourth-order valence-corrected chi connectivity index (χ4v) is 3.81. The summed E-state index contributed by atoms with van der Waals surface area (Å²) < 4.78 is 58.1. The summed E-state index contributed by atoms with van der Waals surface area (Å²) in [5.74, 6) is 0.960. The molecule has 0 radical (unpaired) electrons. The van der Waals surface area contributed by atoms with Gasteiger partial charge in [0.25, 0.3) is 15.2 Å². The largest absolute Gasteiger partial charge is 0.457 e. The van der Waals surface area contributed by atoms with Gasteiger partial charge in [0.15, 0.2) is 0 Å². The first-order chi connectivity index (χ1) is 14.1. The lowest BCUT2D eigenvalue weighted by Crippen LogP contribution is -2.29. The molecule has 0 aliphatic rings. The Labute approximate surface area is 173 Å². The molecule has 3 aromatic rings. The molecule has 0 saturated carbocycles. The van der Waals surface area contributed by atoms with Crippen LogP contribution in [0, 0.1) is 11.3 Å². The number of aromatic nitrogens is 3. The molecule has 156 valence electrons. The molecule has 0 spiro atoms. The molecule has 1 N–H and O–H groups in total. The molecule has 0 amide bonds. The molecule has 3 rings (SSSR count). The van der Waals surface area contributed by atoms with Crippen molar-refractivity contribution in [2.45, 2.75) is 5.16 Å². The number of sulfonamides is 1. The molecule has 0 saturated heterocycles. The molecule has 30 heavy (non-hydrogen) atoms. The van der Waals surface area contributed by atoms with Gasteiger partial charge < -0.3 is 4.74 Å². The Morgan fingerprint density at radius 1 is 1.00 bits per heavy atom. The Kier molecular flexibility index (Phi) is 5.74. The zero-order valence-corrected chi connectivity index (χ0v) is 17.4. The number of hydrogen-bond acceptors (Lipinski definition) is 8. The Hall–Kier alpha value is -3.47. The molecule has 1 heterocycles. The Morgan fingerprint density at radius 2 is 1.57 bits per heavy atom. The summed E-state index contributed by atoms with van der Waals surface area (Å²) in [5, 5.41) is 11.6. The van der Waals surface area contributed by atoms with Crippen LogP contribution in [-0.4, -0.2) is 49.4 Å². The third kappa shape index (κ3) is 4.57. The number of hydrogen-bond donors (Lipinski definition) is 1. The first kappa shape index (κ1) is 21.2. The molecule has 13 heteroatoms. The molecule has 11 nitrogen and oxygen atoms in total. The normalized spacial score (nSPS) is 11.8. The maximum atomic E-state index is 12.4. The molecule has 0 aliphatic heterocycles. The Bertz CT molecular complexity index is 1290. The highest BCUT2D eigenvalue weighted by Gasteiger charge is 2.24. The maximum absolute atomic E-state index is 12.4. The van der Waals surface area contributed by atoms with E-state index in [1.165, 1.54) is 26.2 Å². The van der Waals surface area contributed by atoms with Crippen LogP contribution in [0.2, 0.25) is 0 Å². The second-order valence-corrected chi connectivity index (χ2v) is 9.63. The van der Waals surface area contributed by atoms with Gasteiger partial charge in [-0.15, -0.1) is 9.19 Å². The van der Waals surface area contributed by atoms with E-state index in [1.54, 1.807) is 36.4 Å². The lowest BCUT2D eigenvalue weighted by molar-refractivity contribution is 0.482. The molecule has 0 aliphatic carbocycles. The number of ether oxygens (including phenoxy) is 1. The third-order valence-corrected chi connectivity index (χ3v) is 6.46. The van der Waals surface area contributed by atoms with E-state index in [9.17, 15) is 16.8 Å². The quantitative estimate of drug-likeness (QED) is 0.570. The maximum Gasteiger partial charge on any atom is 0.323 e. The van der Waals surface area contributed by atoms with Crippen LogP contribution in [0.3, 0.4) is 0 Å². The minimum Gasteiger partial charge on any atom is -0.457 e. The minimum absolute atomic E-state index is 0.203. The van der Waals surface area contributed by atoms with Gasteiger partial charge in [0.1, 0.15) is 17.8 Å². The third-order valence-electron chi connectivity index (χ3n) is 3.71. The van der Waals surface area contributed by atoms with Crippen molar-refractivity contribution in [2.75, 3.05) is 18.8 Å². The molecular weight excluding hydrogens is 432 g/mol. The van der Waals surface area contributed by atoms with E-state index in [0.717, 1.165) is 10.6 Å². The average Bonchev–Trinajstić information content (AvgIpc) is 3.22. The highest BCUT2D eigenvalue weighted by molar-refractivity contribution is 7.92. The van der Waals surface area contributed by atoms with E-state index in [1.807, 2.05) is 6.07 Å². The second-order valence-electron chi connectivity index (χ2n) is 6.06. The van der Waals surface area contributed by atoms with Crippen LogP contribution in [0.15, 0.2) is 60.0 Å². The van der Waals surface area contributed by atoms with Crippen molar-refractivity contribution in [3.8, 4) is 17.6 Å². The van der Waals surface area contributed by atoms with Gasteiger partial charge in [-0.3, -0.25) is 4.72 Å². The van der Waals surface area contributed by atoms with Gasteiger partial charge in [0, 0.05) is 19.8 Å². The van der Waals surface area contributed by atoms with Gasteiger partial charge >= 0.3 is 10.2 Å². The fourth-order valence-electron chi connectivity index (χ4n) is 2.16. The summed E-state index contributed by atoms with van der Waals surface area (Å²) >= 11 is 0. The van der Waals surface area contributed by atoms with Gasteiger partial charge in [-0.2, -0.15) is 26.4 Å². The molecule has 1 aromatic heterocycles. The van der Waals surface area contributed by atoms with Crippen LogP contribution >= 0.6 is 0 Å². The summed E-state index contributed by atoms with van der Waals surface area (Å²) in [7, 11) is -5.62. The van der Waals surface area contributed by atoms with Crippen LogP contribution in [0.25, 0.3) is 0 Å². The van der Waals surface area contributed by atoms with E-state index >= 15 is 0 Å². The summed E-state index contributed by atoms with van der Waals surface area (Å²) in [6, 6.07) is 14.5. The standard InChI is InChI=1S/C17H16N6O5S2/c1-22(2)30(26,27)23-12-19-17(20-23)29(24,25)21-14-5-9-16(10-6-14)28-15-7-3-13(11-18)4-8-15/h3-10,12,21H,1-2H3. The van der Waals surface area contributed by atoms with Crippen LogP contribution < -0.4 is 9.46 Å². The second kappa shape index (κ2) is 8.11. The zero-order valence-electron chi connectivity index (χ0n) is 15.8. The number of benzene rings is 2. The van der Waals surface area contributed by atoms with Crippen LogP contribution in [-0.2, 0) is 20.2 Å². The molecule has 2 aromatic carbocycles. The summed E-state index contributed by atoms with van der Waals surface area (Å²) in [6.07, 6.45) is 0.804. The molecule has 0 fully saturated rings. The predicted molar refractivity (Wildman–Crippen MR) is 107 cm³/mol. The number of nitrogens with zero attached hydrogens (tertiary/aromatic N) is 5. The van der Waals surface area contributed by atoms with E-state index in [4.69, 9.17) is 10.00 Å². The number of nitrogens with one attached hydrogen (secondary N) is 1. The smallest absolute Gasteiger partial charge is 0.323 e. The highest BCUT2D eigenvalue weighted by atomic mass is 32.2. The summed E-state index contributed by atoms with van der Waals surface area (Å²) in [6.45, 7) is 0. The molecule has 0 unspecified atom stereocenters. The predicted octanol–water partition coefficient (Wildman–Crippen LogP) is 1.40. The molecule has 0 atom stereocenters. The zero-order chi connectivity index (χ0) is 21.9. The Balaban J connectivity index is 1.73. The van der Waals surface area contributed by atoms with Gasteiger partial charge in [-0.25, -0.2) is 4.98 Å². The monoisotopic (exact) mass is 448 g/mol. The number of anilines is 1. The van der Waals surface area contributed by atoms with Crippen molar-refractivity contribution in [2.24, 2.45) is 0 Å². The topological polar surface area (TPSA) is 147 Å². The number of rotatable bonds is 7. The van der Waals surface area contributed by atoms with Crippen molar-refractivity contribution >= 4 is 25.9 Å². The van der Waals surface area contributed by atoms with Crippen LogP contribution in [0.1, 0.15) is 5.56 Å². The van der Waals surface area contributed by atoms with Crippen LogP contribution in [0.4, 0.5) is 5.69 Å². The van der Waals surface area contributed by atoms with Crippen molar-refractivity contribution < 1.29 is 21.6 Å². The van der Waals surface area contributed by atoms with E-state index in [2.05, 4.69) is 14.8 Å². The minimum atomic E-state index is -4.21. The van der Waals surface area contributed by atoms with Crippen molar-refractivity contribution in [3.63, 3.8) is 0 Å². The first-order valence-corrected chi connectivity index (χ1v) is 11.2. The van der Waals surface area contributed by atoms with Gasteiger partial charge in [0.05, 0.1) is 11.6 Å². The average molecular weight is 448 g/mol. The molecular formula is C17H16N6O5S2. The SMILES string of the molecule is CN(C)S(=O)(=O)n1cnc(S(=O)(=O)Nc2ccc(Oc3ccc(C#N)cc3)cc2)n1. The molecule has 0 bridgehead atoms. The number of nitriles is 1. The van der Waals surface area contributed by atoms with E-state index in [-0.39, 0.29) is 5.69 Å². The van der Waals surface area contributed by atoms with Crippen molar-refractivity contribution in [1.82, 2.24) is 18.5 Å². The van der Waals surface area contributed by atoms with Crippen LogP contribution in [0.5, 0.6) is 11.5 Å². The van der Waals surface area contributed by atoms with E-state index in [0.29, 0.717) is 21.1 Å². The summed E-state index contributed by atoms with van der Waals surface area (Å²) in [5.41, 5.74) is 0.704. The van der Waals surface area contributed by atoms with Crippen molar-refractivity contribution in [3.05, 3.63) is 60.4 Å².